The predicted octanol–water partition coefficient (Wildman–Crippen LogP) is 1.77. The van der Waals surface area contributed by atoms with Crippen molar-refractivity contribution in [2.45, 2.75) is 69.1 Å². The average Bonchev–Trinajstić information content (AvgIpc) is 3.24. The first-order valence-corrected chi connectivity index (χ1v) is 8.89. The van der Waals surface area contributed by atoms with Gasteiger partial charge in [-0.05, 0) is 64.0 Å². The summed E-state index contributed by atoms with van der Waals surface area (Å²) in [6.45, 7) is 3.79. The van der Waals surface area contributed by atoms with Crippen LogP contribution in [0, 0.1) is 5.92 Å². The standard InChI is InChI=1S/C17H32N2O2/c1-21-16-5-3-10-19(12-16)11-8-14-4-2-9-17(14,13-20)18-15-6-7-15/h14-16,18,20H,2-13H2,1H3. The molecule has 21 heavy (non-hydrogen) atoms. The zero-order valence-corrected chi connectivity index (χ0v) is 13.5. The van der Waals surface area contributed by atoms with E-state index in [-0.39, 0.29) is 5.54 Å². The van der Waals surface area contributed by atoms with E-state index >= 15 is 0 Å². The number of piperidine rings is 1. The molecule has 3 unspecified atom stereocenters. The molecule has 0 aromatic carbocycles. The molecular formula is C17H32N2O2. The number of rotatable bonds is 7. The third kappa shape index (κ3) is 3.79. The summed E-state index contributed by atoms with van der Waals surface area (Å²) < 4.78 is 5.52. The van der Waals surface area contributed by atoms with Gasteiger partial charge in [0.15, 0.2) is 0 Å². The minimum absolute atomic E-state index is 0.0254. The zero-order valence-electron chi connectivity index (χ0n) is 13.5. The maximum absolute atomic E-state index is 9.98. The highest BCUT2D eigenvalue weighted by molar-refractivity contribution is 5.03. The van der Waals surface area contributed by atoms with Crippen LogP contribution in [0.4, 0.5) is 0 Å². The fourth-order valence-corrected chi connectivity index (χ4v) is 4.39. The molecule has 0 radical (unpaired) electrons. The Kier molecular flexibility index (Phi) is 5.20. The molecule has 3 rings (SSSR count). The molecule has 4 heteroatoms. The summed E-state index contributed by atoms with van der Waals surface area (Å²) >= 11 is 0. The van der Waals surface area contributed by atoms with Gasteiger partial charge in [0.2, 0.25) is 0 Å². The molecule has 0 bridgehead atoms. The number of aliphatic hydroxyl groups is 1. The van der Waals surface area contributed by atoms with Crippen LogP contribution in [0.2, 0.25) is 0 Å². The summed E-state index contributed by atoms with van der Waals surface area (Å²) in [5, 5.41) is 13.8. The topological polar surface area (TPSA) is 44.7 Å². The van der Waals surface area contributed by atoms with Gasteiger partial charge in [-0.1, -0.05) is 6.42 Å². The maximum atomic E-state index is 9.98. The van der Waals surface area contributed by atoms with Crippen molar-refractivity contribution in [3.8, 4) is 0 Å². The molecule has 3 fully saturated rings. The summed E-state index contributed by atoms with van der Waals surface area (Å²) in [5.41, 5.74) is 0.0254. The fraction of sp³-hybridized carbons (Fsp3) is 1.00. The van der Waals surface area contributed by atoms with Gasteiger partial charge in [0.25, 0.3) is 0 Å². The molecule has 0 aromatic heterocycles. The molecule has 3 aliphatic rings. The molecule has 0 amide bonds. The molecule has 0 spiro atoms. The Morgan fingerprint density at radius 2 is 2.10 bits per heavy atom. The highest BCUT2D eigenvalue weighted by Crippen LogP contribution is 2.40. The Labute approximate surface area is 129 Å². The number of nitrogens with one attached hydrogen (secondary N) is 1. The lowest BCUT2D eigenvalue weighted by Crippen LogP contribution is -2.53. The second-order valence-corrected chi connectivity index (χ2v) is 7.41. The second kappa shape index (κ2) is 6.95. The first-order chi connectivity index (χ1) is 10.3. The summed E-state index contributed by atoms with van der Waals surface area (Å²) in [5.74, 6) is 0.644. The highest BCUT2D eigenvalue weighted by atomic mass is 16.5. The van der Waals surface area contributed by atoms with Crippen LogP contribution < -0.4 is 5.32 Å². The largest absolute Gasteiger partial charge is 0.394 e. The van der Waals surface area contributed by atoms with E-state index in [1.165, 1.54) is 58.0 Å². The molecule has 0 aromatic rings. The Balaban J connectivity index is 1.51. The first kappa shape index (κ1) is 15.7. The Morgan fingerprint density at radius 1 is 1.24 bits per heavy atom. The third-order valence-electron chi connectivity index (χ3n) is 5.90. The van der Waals surface area contributed by atoms with Crippen molar-refractivity contribution in [3.63, 3.8) is 0 Å². The van der Waals surface area contributed by atoms with Crippen molar-refractivity contribution < 1.29 is 9.84 Å². The van der Waals surface area contributed by atoms with Gasteiger partial charge in [0, 0.05) is 25.2 Å². The van der Waals surface area contributed by atoms with Crippen molar-refractivity contribution in [1.29, 1.82) is 0 Å². The third-order valence-corrected chi connectivity index (χ3v) is 5.90. The summed E-state index contributed by atoms with van der Waals surface area (Å²) in [6.07, 6.45) is 10.4. The Bertz CT molecular complexity index is 335. The number of hydrogen-bond donors (Lipinski definition) is 2. The van der Waals surface area contributed by atoms with Gasteiger partial charge in [0.05, 0.1) is 12.7 Å². The first-order valence-electron chi connectivity index (χ1n) is 8.89. The number of methoxy groups -OCH3 is 1. The summed E-state index contributed by atoms with van der Waals surface area (Å²) in [4.78, 5) is 2.56. The highest BCUT2D eigenvalue weighted by Gasteiger charge is 2.45. The number of likely N-dealkylation sites (tertiary alicyclic amines) is 1. The van der Waals surface area contributed by atoms with Crippen molar-refractivity contribution in [2.75, 3.05) is 33.4 Å². The van der Waals surface area contributed by atoms with Crippen molar-refractivity contribution in [2.24, 2.45) is 5.92 Å². The van der Waals surface area contributed by atoms with Crippen molar-refractivity contribution in [3.05, 3.63) is 0 Å². The summed E-state index contributed by atoms with van der Waals surface area (Å²) in [6, 6.07) is 0.686. The fourth-order valence-electron chi connectivity index (χ4n) is 4.39. The SMILES string of the molecule is COC1CCCN(CCC2CCCC2(CO)NC2CC2)C1. The molecule has 2 saturated carbocycles. The van der Waals surface area contributed by atoms with E-state index in [9.17, 15) is 5.11 Å². The van der Waals surface area contributed by atoms with E-state index in [2.05, 4.69) is 10.2 Å². The summed E-state index contributed by atoms with van der Waals surface area (Å²) in [7, 11) is 1.83. The van der Waals surface area contributed by atoms with Crippen LogP contribution in [0.25, 0.3) is 0 Å². The Hall–Kier alpha value is -0.160. The number of nitrogens with zero attached hydrogens (tertiary/aromatic N) is 1. The van der Waals surface area contributed by atoms with E-state index in [4.69, 9.17) is 4.74 Å². The lowest BCUT2D eigenvalue weighted by Gasteiger charge is -2.38. The van der Waals surface area contributed by atoms with Gasteiger partial charge in [-0.25, -0.2) is 0 Å². The normalized spacial score (nSPS) is 38.0. The lowest BCUT2D eigenvalue weighted by molar-refractivity contribution is 0.0264. The van der Waals surface area contributed by atoms with Crippen LogP contribution in [-0.4, -0.2) is 61.0 Å². The van der Waals surface area contributed by atoms with Gasteiger partial charge >= 0.3 is 0 Å². The smallest absolute Gasteiger partial charge is 0.0698 e. The van der Waals surface area contributed by atoms with E-state index in [1.54, 1.807) is 0 Å². The molecule has 122 valence electrons. The monoisotopic (exact) mass is 296 g/mol. The van der Waals surface area contributed by atoms with E-state index < -0.39 is 0 Å². The predicted molar refractivity (Wildman–Crippen MR) is 84.4 cm³/mol. The maximum Gasteiger partial charge on any atom is 0.0698 e. The number of hydrogen-bond acceptors (Lipinski definition) is 4. The second-order valence-electron chi connectivity index (χ2n) is 7.41. The van der Waals surface area contributed by atoms with Crippen LogP contribution in [0.3, 0.4) is 0 Å². The van der Waals surface area contributed by atoms with Gasteiger partial charge in [-0.15, -0.1) is 0 Å². The Morgan fingerprint density at radius 3 is 2.81 bits per heavy atom. The van der Waals surface area contributed by atoms with Gasteiger partial charge in [-0.2, -0.15) is 0 Å². The van der Waals surface area contributed by atoms with Crippen molar-refractivity contribution >= 4 is 0 Å². The van der Waals surface area contributed by atoms with Crippen LogP contribution in [0.1, 0.15) is 51.4 Å². The quantitative estimate of drug-likeness (QED) is 0.751. The number of aliphatic hydroxyl groups excluding tert-OH is 1. The van der Waals surface area contributed by atoms with Gasteiger partial charge in [-0.3, -0.25) is 0 Å². The van der Waals surface area contributed by atoms with E-state index in [1.807, 2.05) is 7.11 Å². The molecule has 1 heterocycles. The zero-order chi connectivity index (χ0) is 14.7. The minimum Gasteiger partial charge on any atom is -0.394 e. The molecule has 2 N–H and O–H groups in total. The van der Waals surface area contributed by atoms with E-state index in [0.717, 1.165) is 13.0 Å². The van der Waals surface area contributed by atoms with Crippen LogP contribution >= 0.6 is 0 Å². The van der Waals surface area contributed by atoms with Crippen LogP contribution in [0.5, 0.6) is 0 Å². The van der Waals surface area contributed by atoms with Crippen molar-refractivity contribution in [1.82, 2.24) is 10.2 Å². The van der Waals surface area contributed by atoms with Crippen LogP contribution in [0.15, 0.2) is 0 Å². The minimum atomic E-state index is 0.0254. The average molecular weight is 296 g/mol. The van der Waals surface area contributed by atoms with E-state index in [0.29, 0.717) is 24.7 Å². The lowest BCUT2D eigenvalue weighted by atomic mass is 9.84. The number of ether oxygens (including phenoxy) is 1. The molecule has 1 saturated heterocycles. The molecule has 1 aliphatic heterocycles. The molecule has 3 atom stereocenters. The molecule has 4 nitrogen and oxygen atoms in total. The van der Waals surface area contributed by atoms with Crippen LogP contribution in [-0.2, 0) is 4.74 Å². The molecule has 2 aliphatic carbocycles. The van der Waals surface area contributed by atoms with Gasteiger partial charge in [0.1, 0.15) is 0 Å². The van der Waals surface area contributed by atoms with Gasteiger partial charge < -0.3 is 20.1 Å². The molecular weight excluding hydrogens is 264 g/mol.